The van der Waals surface area contributed by atoms with E-state index in [-0.39, 0.29) is 29.1 Å². The van der Waals surface area contributed by atoms with Gasteiger partial charge >= 0.3 is 5.97 Å². The molecule has 1 unspecified atom stereocenters. The monoisotopic (exact) mass is 932 g/mol. The van der Waals surface area contributed by atoms with E-state index in [1.165, 1.54) is 12.1 Å². The SMILES string of the molecule is CC1(C)C(/C=C/C(=C/C=C2\C(CCCCS(=O)(=O)O)c3cc(S(=O)(=O)O)ccc3C2(C)C)c2ccc(CCC(=O)O)cc2)=[N+](CCCCS(=O)(=O)O)c2cc(S(C)(=O)=O)ccc21. The minimum atomic E-state index is -4.55. The molecule has 0 saturated heterocycles. The number of allylic oxidation sites excluding steroid dienone is 6. The summed E-state index contributed by atoms with van der Waals surface area (Å²) in [5.74, 6) is -2.20. The maximum atomic E-state index is 12.7. The molecule has 0 amide bonds. The molecule has 0 bridgehead atoms. The van der Waals surface area contributed by atoms with Crippen molar-refractivity contribution in [1.29, 1.82) is 0 Å². The van der Waals surface area contributed by atoms with Gasteiger partial charge in [0.2, 0.25) is 5.69 Å². The molecule has 0 saturated carbocycles. The van der Waals surface area contributed by atoms with E-state index in [1.54, 1.807) is 24.3 Å². The lowest BCUT2D eigenvalue weighted by atomic mass is 9.79. The number of aryl methyl sites for hydroxylation is 1. The number of sulfone groups is 1. The zero-order valence-corrected chi connectivity index (χ0v) is 38.5. The van der Waals surface area contributed by atoms with E-state index < -0.39 is 74.4 Å². The number of fused-ring (bicyclic) bond motifs is 2. The fourth-order valence-electron chi connectivity index (χ4n) is 8.49. The van der Waals surface area contributed by atoms with Crippen molar-refractivity contribution >= 4 is 63.1 Å². The summed E-state index contributed by atoms with van der Waals surface area (Å²) in [6.07, 6.45) is 10.5. The molecule has 14 nitrogen and oxygen atoms in total. The van der Waals surface area contributed by atoms with Crippen LogP contribution >= 0.6 is 0 Å². The molecule has 62 heavy (non-hydrogen) atoms. The number of aliphatic carboxylic acids is 1. The number of nitrogens with zero attached hydrogens (tertiary/aromatic N) is 1. The zero-order chi connectivity index (χ0) is 46.1. The van der Waals surface area contributed by atoms with Gasteiger partial charge in [-0.3, -0.25) is 18.5 Å². The Hall–Kier alpha value is -4.30. The minimum Gasteiger partial charge on any atom is -0.481 e. The Labute approximate surface area is 365 Å². The Morgan fingerprint density at radius 1 is 0.742 bits per heavy atom. The van der Waals surface area contributed by atoms with Crippen LogP contribution in [0.1, 0.15) is 100.0 Å². The summed E-state index contributed by atoms with van der Waals surface area (Å²) >= 11 is 0. The summed E-state index contributed by atoms with van der Waals surface area (Å²) in [5.41, 5.74) is 5.60. The van der Waals surface area contributed by atoms with E-state index >= 15 is 0 Å². The van der Waals surface area contributed by atoms with Crippen LogP contribution in [0.15, 0.2) is 100 Å². The summed E-state index contributed by atoms with van der Waals surface area (Å²) in [6, 6.07) is 16.8. The standard InChI is InChI=1S/C44H53NO13S4/c1-43(2)37(35(10-6-8-26-60(50,51)52)36-28-34(62(56,57)58)19-21-38(36)43)20-16-32(31-14-11-30(12-15-31)13-24-42(46)47)17-23-41-44(3,4)39-22-18-33(59(5,48)49)29-40(39)45(41)25-7-9-27-61(53,54)55/h11-12,14-23,28-29,35H,6-10,13,24-27H2,1-5H3,(H3-,46,47,50,51,52,53,54,55,56,57,58)/p+1/b23-17+,32-16-,37-20+. The Morgan fingerprint density at radius 2 is 1.34 bits per heavy atom. The van der Waals surface area contributed by atoms with Gasteiger partial charge < -0.3 is 5.11 Å². The van der Waals surface area contributed by atoms with E-state index in [1.807, 2.05) is 80.8 Å². The van der Waals surface area contributed by atoms with Gasteiger partial charge in [-0.15, -0.1) is 0 Å². The van der Waals surface area contributed by atoms with Gasteiger partial charge in [0.1, 0.15) is 6.54 Å². The fraction of sp³-hybridized carbons (Fsp3) is 0.409. The van der Waals surface area contributed by atoms with Gasteiger partial charge in [-0.2, -0.15) is 29.8 Å². The Bertz CT molecular complexity index is 2820. The van der Waals surface area contributed by atoms with Gasteiger partial charge in [-0.25, -0.2) is 8.42 Å². The van der Waals surface area contributed by atoms with Crippen molar-refractivity contribution in [3.8, 4) is 0 Å². The lowest BCUT2D eigenvalue weighted by Crippen LogP contribution is -2.28. The van der Waals surface area contributed by atoms with Gasteiger partial charge in [0.25, 0.3) is 30.4 Å². The number of hydrogen-bond acceptors (Lipinski definition) is 9. The highest BCUT2D eigenvalue weighted by molar-refractivity contribution is 7.90. The van der Waals surface area contributed by atoms with Gasteiger partial charge in [0.15, 0.2) is 15.5 Å². The predicted octanol–water partition coefficient (Wildman–Crippen LogP) is 7.10. The maximum absolute atomic E-state index is 12.7. The molecule has 1 heterocycles. The largest absolute Gasteiger partial charge is 0.481 e. The van der Waals surface area contributed by atoms with Crippen LogP contribution in [0.25, 0.3) is 5.57 Å². The van der Waals surface area contributed by atoms with Crippen LogP contribution in [0.2, 0.25) is 0 Å². The molecule has 2 aliphatic rings. The smallest absolute Gasteiger partial charge is 0.303 e. The second-order valence-electron chi connectivity index (χ2n) is 17.0. The van der Waals surface area contributed by atoms with Crippen LogP contribution in [-0.4, -0.2) is 93.0 Å². The Morgan fingerprint density at radius 3 is 1.92 bits per heavy atom. The van der Waals surface area contributed by atoms with Crippen molar-refractivity contribution in [2.45, 2.75) is 99.2 Å². The molecule has 0 spiro atoms. The highest BCUT2D eigenvalue weighted by Gasteiger charge is 2.45. The lowest BCUT2D eigenvalue weighted by molar-refractivity contribution is -0.438. The van der Waals surface area contributed by atoms with Crippen LogP contribution in [0.5, 0.6) is 0 Å². The molecule has 4 N–H and O–H groups in total. The molecular formula is C44H54NO13S4+. The summed E-state index contributed by atoms with van der Waals surface area (Å²) in [4.78, 5) is 11.1. The molecule has 1 aliphatic carbocycles. The van der Waals surface area contributed by atoms with Gasteiger partial charge in [0.05, 0.1) is 26.7 Å². The quantitative estimate of drug-likeness (QED) is 0.0407. The van der Waals surface area contributed by atoms with Crippen LogP contribution < -0.4 is 0 Å². The van der Waals surface area contributed by atoms with Crippen LogP contribution in [0, 0.1) is 0 Å². The van der Waals surface area contributed by atoms with Gasteiger partial charge in [-0.1, -0.05) is 68.3 Å². The van der Waals surface area contributed by atoms with Crippen molar-refractivity contribution in [2.75, 3.05) is 24.3 Å². The first-order chi connectivity index (χ1) is 28.6. The van der Waals surface area contributed by atoms with E-state index in [0.717, 1.165) is 39.8 Å². The normalized spacial score (nSPS) is 18.4. The number of benzene rings is 3. The maximum Gasteiger partial charge on any atom is 0.303 e. The molecule has 0 fully saturated rings. The molecule has 18 heteroatoms. The summed E-state index contributed by atoms with van der Waals surface area (Å²) in [7, 11) is -16.6. The number of carboxylic acid groups (broad SMARTS) is 1. The molecule has 5 rings (SSSR count). The molecular weight excluding hydrogens is 879 g/mol. The van der Waals surface area contributed by atoms with Crippen molar-refractivity contribution in [2.24, 2.45) is 0 Å². The number of carboxylic acids is 1. The lowest BCUT2D eigenvalue weighted by Gasteiger charge is -2.24. The van der Waals surface area contributed by atoms with E-state index in [9.17, 15) is 57.2 Å². The van der Waals surface area contributed by atoms with Crippen molar-refractivity contribution in [3.63, 3.8) is 0 Å². The van der Waals surface area contributed by atoms with E-state index in [2.05, 4.69) is 0 Å². The molecule has 336 valence electrons. The summed E-state index contributed by atoms with van der Waals surface area (Å²) < 4.78 is 127. The molecule has 3 aromatic carbocycles. The average Bonchev–Trinajstić information content (AvgIpc) is 3.50. The average molecular weight is 933 g/mol. The van der Waals surface area contributed by atoms with Crippen LogP contribution in [0.3, 0.4) is 0 Å². The molecule has 1 atom stereocenters. The minimum absolute atomic E-state index is 0.0519. The van der Waals surface area contributed by atoms with Crippen LogP contribution in [0.4, 0.5) is 5.69 Å². The first-order valence-corrected chi connectivity index (χ1v) is 26.6. The van der Waals surface area contributed by atoms with Gasteiger partial charge in [-0.05, 0) is 97.7 Å². The first kappa shape index (κ1) is 48.7. The van der Waals surface area contributed by atoms with Crippen molar-refractivity contribution in [3.05, 3.63) is 118 Å². The highest BCUT2D eigenvalue weighted by atomic mass is 32.2. The third-order valence-corrected chi connectivity index (χ3v) is 15.3. The Balaban J connectivity index is 1.68. The second-order valence-corrected chi connectivity index (χ2v) is 23.5. The topological polar surface area (TPSA) is 238 Å². The summed E-state index contributed by atoms with van der Waals surface area (Å²) in [5, 5.41) is 9.26. The predicted molar refractivity (Wildman–Crippen MR) is 238 cm³/mol. The van der Waals surface area contributed by atoms with Crippen LogP contribution in [-0.2, 0) is 62.2 Å². The molecule has 1 aliphatic heterocycles. The number of carbonyl (C=O) groups is 1. The van der Waals surface area contributed by atoms with E-state index in [0.29, 0.717) is 49.1 Å². The Kier molecular flexibility index (Phi) is 14.5. The second kappa shape index (κ2) is 18.4. The molecule has 0 aromatic heterocycles. The number of unbranched alkanes of at least 4 members (excludes halogenated alkanes) is 2. The molecule has 3 aromatic rings. The molecule has 0 radical (unpaired) electrons. The number of hydrogen-bond donors (Lipinski definition) is 4. The first-order valence-electron chi connectivity index (χ1n) is 20.0. The van der Waals surface area contributed by atoms with Gasteiger partial charge in [0, 0.05) is 48.1 Å². The highest BCUT2D eigenvalue weighted by Crippen LogP contribution is 2.52. The fourth-order valence-corrected chi connectivity index (χ4v) is 10.8. The third-order valence-electron chi connectivity index (χ3n) is 11.7. The number of rotatable bonds is 19. The van der Waals surface area contributed by atoms with E-state index in [4.69, 9.17) is 0 Å². The van der Waals surface area contributed by atoms with Crippen molar-refractivity contribution in [1.82, 2.24) is 0 Å². The third kappa shape index (κ3) is 11.8. The van der Waals surface area contributed by atoms with Crippen molar-refractivity contribution < 1.29 is 61.8 Å². The summed E-state index contributed by atoms with van der Waals surface area (Å²) in [6.45, 7) is 8.28. The zero-order valence-electron chi connectivity index (χ0n) is 35.3.